The van der Waals surface area contributed by atoms with Crippen molar-refractivity contribution in [2.45, 2.75) is 39.7 Å². The summed E-state index contributed by atoms with van der Waals surface area (Å²) in [6, 6.07) is 2.18. The molecule has 0 amide bonds. The van der Waals surface area contributed by atoms with Crippen LogP contribution in [0.5, 0.6) is 0 Å². The number of nitrogens with two attached hydrogens (primary N) is 1. The number of piperidine rings is 1. The highest BCUT2D eigenvalue weighted by Gasteiger charge is 2.19. The van der Waals surface area contributed by atoms with Crippen molar-refractivity contribution in [1.82, 2.24) is 4.98 Å². The molecule has 0 radical (unpaired) electrons. The van der Waals surface area contributed by atoms with Gasteiger partial charge in [-0.3, -0.25) is 4.98 Å². The molecular weight excluding hydrogens is 210 g/mol. The van der Waals surface area contributed by atoms with E-state index in [1.165, 1.54) is 30.5 Å². The lowest BCUT2D eigenvalue weighted by Gasteiger charge is -2.34. The van der Waals surface area contributed by atoms with Gasteiger partial charge in [0.25, 0.3) is 0 Å². The van der Waals surface area contributed by atoms with Gasteiger partial charge >= 0.3 is 0 Å². The summed E-state index contributed by atoms with van der Waals surface area (Å²) in [7, 11) is 0. The van der Waals surface area contributed by atoms with Crippen molar-refractivity contribution in [2.24, 2.45) is 11.7 Å². The standard InChI is InChI=1S/C14H23N3/c1-3-12-4-6-17(7-5-12)14-8-11(2)16-10-13(14)9-15/h8,10,12H,3-7,9,15H2,1-2H3. The van der Waals surface area contributed by atoms with Crippen LogP contribution >= 0.6 is 0 Å². The van der Waals surface area contributed by atoms with Crippen molar-refractivity contribution in [3.8, 4) is 0 Å². The number of hydrogen-bond acceptors (Lipinski definition) is 3. The number of hydrogen-bond donors (Lipinski definition) is 1. The third-order valence-corrected chi connectivity index (χ3v) is 3.85. The second-order valence-electron chi connectivity index (χ2n) is 5.00. The molecular formula is C14H23N3. The van der Waals surface area contributed by atoms with Crippen LogP contribution in [0, 0.1) is 12.8 Å². The van der Waals surface area contributed by atoms with E-state index in [0.29, 0.717) is 6.54 Å². The van der Waals surface area contributed by atoms with Crippen LogP contribution in [-0.2, 0) is 6.54 Å². The minimum absolute atomic E-state index is 0.580. The first-order valence-corrected chi connectivity index (χ1v) is 6.65. The van der Waals surface area contributed by atoms with Crippen LogP contribution in [0.1, 0.15) is 37.4 Å². The zero-order chi connectivity index (χ0) is 12.3. The zero-order valence-electron chi connectivity index (χ0n) is 10.9. The van der Waals surface area contributed by atoms with Gasteiger partial charge in [0.05, 0.1) is 0 Å². The van der Waals surface area contributed by atoms with Gasteiger partial charge in [-0.25, -0.2) is 0 Å². The molecule has 1 aliphatic rings. The number of nitrogens with zero attached hydrogens (tertiary/aromatic N) is 2. The second-order valence-corrected chi connectivity index (χ2v) is 5.00. The predicted octanol–water partition coefficient (Wildman–Crippen LogP) is 2.48. The minimum atomic E-state index is 0.580. The quantitative estimate of drug-likeness (QED) is 0.872. The Morgan fingerprint density at radius 3 is 2.71 bits per heavy atom. The Morgan fingerprint density at radius 1 is 1.41 bits per heavy atom. The van der Waals surface area contributed by atoms with E-state index in [4.69, 9.17) is 5.73 Å². The molecule has 1 saturated heterocycles. The topological polar surface area (TPSA) is 42.2 Å². The van der Waals surface area contributed by atoms with E-state index in [2.05, 4.69) is 22.9 Å². The summed E-state index contributed by atoms with van der Waals surface area (Å²) in [5, 5.41) is 0. The van der Waals surface area contributed by atoms with Gasteiger partial charge in [0.15, 0.2) is 0 Å². The van der Waals surface area contributed by atoms with Gasteiger partial charge in [-0.2, -0.15) is 0 Å². The van der Waals surface area contributed by atoms with E-state index in [9.17, 15) is 0 Å². The molecule has 3 heteroatoms. The Labute approximate surface area is 104 Å². The minimum Gasteiger partial charge on any atom is -0.371 e. The first-order valence-electron chi connectivity index (χ1n) is 6.65. The summed E-state index contributed by atoms with van der Waals surface area (Å²) in [6.07, 6.45) is 5.85. The number of aromatic nitrogens is 1. The van der Waals surface area contributed by atoms with Gasteiger partial charge in [-0.05, 0) is 31.7 Å². The lowest BCUT2D eigenvalue weighted by Crippen LogP contribution is -2.34. The van der Waals surface area contributed by atoms with Crippen molar-refractivity contribution in [3.63, 3.8) is 0 Å². The fourth-order valence-electron chi connectivity index (χ4n) is 2.61. The molecule has 0 aliphatic carbocycles. The molecule has 1 aliphatic heterocycles. The molecule has 1 aromatic rings. The highest BCUT2D eigenvalue weighted by molar-refractivity contribution is 5.53. The maximum Gasteiger partial charge on any atom is 0.0445 e. The van der Waals surface area contributed by atoms with Gasteiger partial charge in [0.2, 0.25) is 0 Å². The van der Waals surface area contributed by atoms with Crippen LogP contribution in [0.3, 0.4) is 0 Å². The van der Waals surface area contributed by atoms with Gasteiger partial charge < -0.3 is 10.6 Å². The maximum absolute atomic E-state index is 5.79. The monoisotopic (exact) mass is 233 g/mol. The SMILES string of the molecule is CCC1CCN(c2cc(C)ncc2CN)CC1. The van der Waals surface area contributed by atoms with Crippen LogP contribution in [0.15, 0.2) is 12.3 Å². The maximum atomic E-state index is 5.79. The average Bonchev–Trinajstić information content (AvgIpc) is 2.39. The molecule has 0 spiro atoms. The van der Waals surface area contributed by atoms with E-state index in [-0.39, 0.29) is 0 Å². The molecule has 94 valence electrons. The van der Waals surface area contributed by atoms with Crippen molar-refractivity contribution >= 4 is 5.69 Å². The highest BCUT2D eigenvalue weighted by atomic mass is 15.1. The van der Waals surface area contributed by atoms with Gasteiger partial charge in [-0.1, -0.05) is 13.3 Å². The average molecular weight is 233 g/mol. The van der Waals surface area contributed by atoms with Crippen LogP contribution in [0.2, 0.25) is 0 Å². The molecule has 0 saturated carbocycles. The van der Waals surface area contributed by atoms with E-state index < -0.39 is 0 Å². The number of pyridine rings is 1. The normalized spacial score (nSPS) is 17.5. The number of anilines is 1. The molecule has 0 unspecified atom stereocenters. The third kappa shape index (κ3) is 2.78. The summed E-state index contributed by atoms with van der Waals surface area (Å²) >= 11 is 0. The molecule has 1 aromatic heterocycles. The molecule has 2 heterocycles. The van der Waals surface area contributed by atoms with Crippen molar-refractivity contribution < 1.29 is 0 Å². The second kappa shape index (κ2) is 5.50. The van der Waals surface area contributed by atoms with Crippen LogP contribution in [0.25, 0.3) is 0 Å². The summed E-state index contributed by atoms with van der Waals surface area (Å²) in [4.78, 5) is 6.81. The van der Waals surface area contributed by atoms with Crippen molar-refractivity contribution in [3.05, 3.63) is 23.5 Å². The Hall–Kier alpha value is -1.09. The Balaban J connectivity index is 2.14. The van der Waals surface area contributed by atoms with Gasteiger partial charge in [-0.15, -0.1) is 0 Å². The Bertz CT molecular complexity index is 368. The molecule has 1 fully saturated rings. The zero-order valence-corrected chi connectivity index (χ0v) is 10.9. The molecule has 17 heavy (non-hydrogen) atoms. The smallest absolute Gasteiger partial charge is 0.0445 e. The lowest BCUT2D eigenvalue weighted by molar-refractivity contribution is 0.394. The van der Waals surface area contributed by atoms with E-state index in [1.807, 2.05) is 13.1 Å². The van der Waals surface area contributed by atoms with E-state index >= 15 is 0 Å². The molecule has 2 N–H and O–H groups in total. The molecule has 0 bridgehead atoms. The van der Waals surface area contributed by atoms with Crippen molar-refractivity contribution in [2.75, 3.05) is 18.0 Å². The predicted molar refractivity (Wildman–Crippen MR) is 72.1 cm³/mol. The first kappa shape index (κ1) is 12.4. The lowest BCUT2D eigenvalue weighted by atomic mass is 9.94. The Morgan fingerprint density at radius 2 is 2.12 bits per heavy atom. The third-order valence-electron chi connectivity index (χ3n) is 3.85. The fourth-order valence-corrected chi connectivity index (χ4v) is 2.61. The summed E-state index contributed by atoms with van der Waals surface area (Å²) in [6.45, 7) is 7.24. The number of aryl methyl sites for hydroxylation is 1. The van der Waals surface area contributed by atoms with Gasteiger partial charge in [0.1, 0.15) is 0 Å². The van der Waals surface area contributed by atoms with E-state index in [1.54, 1.807) is 0 Å². The van der Waals surface area contributed by atoms with Crippen LogP contribution < -0.4 is 10.6 Å². The van der Waals surface area contributed by atoms with E-state index in [0.717, 1.165) is 24.7 Å². The van der Waals surface area contributed by atoms with Crippen LogP contribution in [-0.4, -0.2) is 18.1 Å². The summed E-state index contributed by atoms with van der Waals surface area (Å²) < 4.78 is 0. The van der Waals surface area contributed by atoms with Crippen LogP contribution in [0.4, 0.5) is 5.69 Å². The summed E-state index contributed by atoms with van der Waals surface area (Å²) in [5.41, 5.74) is 9.35. The number of rotatable bonds is 3. The first-order chi connectivity index (χ1) is 8.24. The molecule has 0 atom stereocenters. The molecule has 0 aromatic carbocycles. The summed E-state index contributed by atoms with van der Waals surface area (Å²) in [5.74, 6) is 0.913. The Kier molecular flexibility index (Phi) is 4.00. The van der Waals surface area contributed by atoms with Gasteiger partial charge in [0, 0.05) is 42.8 Å². The highest BCUT2D eigenvalue weighted by Crippen LogP contribution is 2.27. The largest absolute Gasteiger partial charge is 0.371 e. The molecule has 2 rings (SSSR count). The molecule has 3 nitrogen and oxygen atoms in total. The fraction of sp³-hybridized carbons (Fsp3) is 0.643. The van der Waals surface area contributed by atoms with Crippen molar-refractivity contribution in [1.29, 1.82) is 0 Å².